The Morgan fingerprint density at radius 1 is 0.800 bits per heavy atom. The second kappa shape index (κ2) is 16.4. The van der Waals surface area contributed by atoms with Crippen LogP contribution in [0.25, 0.3) is 0 Å². The maximum Gasteiger partial charge on any atom is 0.219 e. The standard InChI is InChI=1S/C27H48N2O/c1-5-6-7-8-9-10-11-12-13-14-15-17-27(30)28-22-16-23-29(3,4)24-26-20-18-25(2)19-21-26/h18-21H,5-17,22-24H2,1-4H3/p+1. The van der Waals surface area contributed by atoms with Gasteiger partial charge in [-0.1, -0.05) is 101 Å². The van der Waals surface area contributed by atoms with Crippen LogP contribution in [0.2, 0.25) is 0 Å². The Hall–Kier alpha value is -1.35. The Morgan fingerprint density at radius 3 is 1.90 bits per heavy atom. The van der Waals surface area contributed by atoms with Crippen LogP contribution in [0.4, 0.5) is 0 Å². The number of quaternary nitrogens is 1. The predicted molar refractivity (Wildman–Crippen MR) is 131 cm³/mol. The van der Waals surface area contributed by atoms with Gasteiger partial charge in [0.2, 0.25) is 5.91 Å². The minimum atomic E-state index is 0.231. The molecule has 0 heterocycles. The van der Waals surface area contributed by atoms with Crippen LogP contribution < -0.4 is 5.32 Å². The van der Waals surface area contributed by atoms with Crippen molar-refractivity contribution in [2.45, 2.75) is 104 Å². The molecule has 0 fully saturated rings. The molecule has 30 heavy (non-hydrogen) atoms. The van der Waals surface area contributed by atoms with Crippen LogP contribution in [0, 0.1) is 6.92 Å². The zero-order valence-electron chi connectivity index (χ0n) is 20.5. The van der Waals surface area contributed by atoms with Gasteiger partial charge in [0.1, 0.15) is 6.54 Å². The zero-order valence-corrected chi connectivity index (χ0v) is 20.5. The average Bonchev–Trinajstić information content (AvgIpc) is 2.71. The smallest absolute Gasteiger partial charge is 0.219 e. The molecular formula is C27H49N2O+. The number of aryl methyl sites for hydroxylation is 1. The van der Waals surface area contributed by atoms with Gasteiger partial charge in [0.25, 0.3) is 0 Å². The fourth-order valence-electron chi connectivity index (χ4n) is 4.04. The van der Waals surface area contributed by atoms with Crippen molar-refractivity contribution < 1.29 is 9.28 Å². The normalized spacial score (nSPS) is 11.6. The van der Waals surface area contributed by atoms with Gasteiger partial charge in [0.15, 0.2) is 0 Å². The summed E-state index contributed by atoms with van der Waals surface area (Å²) in [5.74, 6) is 0.231. The number of nitrogens with one attached hydrogen (secondary N) is 1. The molecule has 0 aliphatic rings. The SMILES string of the molecule is CCCCCCCCCCCCCC(=O)NCCC[N+](C)(C)Cc1ccc(C)cc1. The number of carbonyl (C=O) groups excluding carboxylic acids is 1. The molecular weight excluding hydrogens is 368 g/mol. The van der Waals surface area contributed by atoms with E-state index in [1.807, 2.05) is 0 Å². The highest BCUT2D eigenvalue weighted by molar-refractivity contribution is 5.75. The molecule has 1 N–H and O–H groups in total. The number of rotatable bonds is 18. The molecule has 1 aromatic rings. The van der Waals surface area contributed by atoms with Crippen LogP contribution in [0.1, 0.15) is 102 Å². The van der Waals surface area contributed by atoms with Crippen molar-refractivity contribution in [1.29, 1.82) is 0 Å². The van der Waals surface area contributed by atoms with Gasteiger partial charge < -0.3 is 9.80 Å². The number of amides is 1. The van der Waals surface area contributed by atoms with E-state index in [2.05, 4.69) is 57.5 Å². The number of hydrogen-bond acceptors (Lipinski definition) is 1. The van der Waals surface area contributed by atoms with Crippen molar-refractivity contribution in [3.05, 3.63) is 35.4 Å². The van der Waals surface area contributed by atoms with Gasteiger partial charge in [0, 0.05) is 24.9 Å². The van der Waals surface area contributed by atoms with Crippen molar-refractivity contribution in [2.75, 3.05) is 27.2 Å². The quantitative estimate of drug-likeness (QED) is 0.207. The molecule has 3 nitrogen and oxygen atoms in total. The van der Waals surface area contributed by atoms with E-state index >= 15 is 0 Å². The minimum absolute atomic E-state index is 0.231. The number of carbonyl (C=O) groups is 1. The number of benzene rings is 1. The molecule has 1 rings (SSSR count). The number of unbranched alkanes of at least 4 members (excludes halogenated alkanes) is 10. The fourth-order valence-corrected chi connectivity index (χ4v) is 4.04. The van der Waals surface area contributed by atoms with E-state index in [1.54, 1.807) is 0 Å². The van der Waals surface area contributed by atoms with Gasteiger partial charge in [-0.3, -0.25) is 4.79 Å². The topological polar surface area (TPSA) is 29.1 Å². The third-order valence-electron chi connectivity index (χ3n) is 6.00. The van der Waals surface area contributed by atoms with Crippen molar-refractivity contribution >= 4 is 5.91 Å². The molecule has 0 spiro atoms. The van der Waals surface area contributed by atoms with Crippen molar-refractivity contribution in [3.63, 3.8) is 0 Å². The summed E-state index contributed by atoms with van der Waals surface area (Å²) < 4.78 is 0.956. The minimum Gasteiger partial charge on any atom is -0.356 e. The summed E-state index contributed by atoms with van der Waals surface area (Å²) in [6, 6.07) is 8.82. The first-order valence-corrected chi connectivity index (χ1v) is 12.6. The highest BCUT2D eigenvalue weighted by atomic mass is 16.1. The summed E-state index contributed by atoms with van der Waals surface area (Å²) in [4.78, 5) is 12.0. The summed E-state index contributed by atoms with van der Waals surface area (Å²) in [5.41, 5.74) is 2.69. The van der Waals surface area contributed by atoms with Gasteiger partial charge in [-0.2, -0.15) is 0 Å². The first-order valence-electron chi connectivity index (χ1n) is 12.6. The molecule has 0 saturated heterocycles. The maximum absolute atomic E-state index is 12.0. The Balaban J connectivity index is 1.96. The lowest BCUT2D eigenvalue weighted by atomic mass is 10.1. The monoisotopic (exact) mass is 417 g/mol. The maximum atomic E-state index is 12.0. The van der Waals surface area contributed by atoms with E-state index in [1.165, 1.54) is 75.3 Å². The van der Waals surface area contributed by atoms with E-state index < -0.39 is 0 Å². The largest absolute Gasteiger partial charge is 0.356 e. The highest BCUT2D eigenvalue weighted by Gasteiger charge is 2.15. The predicted octanol–water partition coefficient (Wildman–Crippen LogP) is 6.78. The summed E-state index contributed by atoms with van der Waals surface area (Å²) in [7, 11) is 4.54. The molecule has 0 radical (unpaired) electrons. The molecule has 3 heteroatoms. The van der Waals surface area contributed by atoms with Crippen molar-refractivity contribution in [1.82, 2.24) is 5.32 Å². The lowest BCUT2D eigenvalue weighted by Gasteiger charge is -2.30. The molecule has 1 aromatic carbocycles. The van der Waals surface area contributed by atoms with Gasteiger partial charge in [-0.15, -0.1) is 0 Å². The van der Waals surface area contributed by atoms with E-state index in [-0.39, 0.29) is 5.91 Å². The molecule has 1 amide bonds. The first-order chi connectivity index (χ1) is 14.4. The molecule has 0 aromatic heterocycles. The van der Waals surface area contributed by atoms with Gasteiger partial charge >= 0.3 is 0 Å². The zero-order chi connectivity index (χ0) is 22.1. The van der Waals surface area contributed by atoms with Gasteiger partial charge in [0.05, 0.1) is 20.6 Å². The second-order valence-corrected chi connectivity index (χ2v) is 9.79. The Bertz CT molecular complexity index is 550. The molecule has 0 saturated carbocycles. The van der Waals surface area contributed by atoms with E-state index in [0.29, 0.717) is 6.42 Å². The lowest BCUT2D eigenvalue weighted by molar-refractivity contribution is -0.903. The second-order valence-electron chi connectivity index (χ2n) is 9.79. The van der Waals surface area contributed by atoms with Crippen molar-refractivity contribution in [2.24, 2.45) is 0 Å². The Labute approximate surface area is 187 Å². The lowest BCUT2D eigenvalue weighted by Crippen LogP contribution is -2.41. The molecule has 172 valence electrons. The summed E-state index contributed by atoms with van der Waals surface area (Å²) >= 11 is 0. The summed E-state index contributed by atoms with van der Waals surface area (Å²) in [6.07, 6.45) is 16.3. The van der Waals surface area contributed by atoms with Crippen molar-refractivity contribution in [3.8, 4) is 0 Å². The Morgan fingerprint density at radius 2 is 1.33 bits per heavy atom. The first kappa shape index (κ1) is 26.7. The number of nitrogens with zero attached hydrogens (tertiary/aromatic N) is 1. The van der Waals surface area contributed by atoms with E-state index in [4.69, 9.17) is 0 Å². The molecule has 0 aliphatic heterocycles. The fraction of sp³-hybridized carbons (Fsp3) is 0.741. The molecule has 0 unspecified atom stereocenters. The van der Waals surface area contributed by atoms with Crippen LogP contribution in [0.3, 0.4) is 0 Å². The van der Waals surface area contributed by atoms with Gasteiger partial charge in [-0.25, -0.2) is 0 Å². The van der Waals surface area contributed by atoms with E-state index in [0.717, 1.165) is 37.0 Å². The Kier molecular flexibility index (Phi) is 14.5. The number of hydrogen-bond donors (Lipinski definition) is 1. The summed E-state index contributed by atoms with van der Waals surface area (Å²) in [6.45, 7) is 7.31. The van der Waals surface area contributed by atoms with Crippen LogP contribution in [-0.2, 0) is 11.3 Å². The molecule has 0 aliphatic carbocycles. The van der Waals surface area contributed by atoms with Crippen LogP contribution in [0.15, 0.2) is 24.3 Å². The van der Waals surface area contributed by atoms with Crippen LogP contribution in [-0.4, -0.2) is 37.6 Å². The molecule has 0 bridgehead atoms. The van der Waals surface area contributed by atoms with Crippen LogP contribution in [0.5, 0.6) is 0 Å². The summed E-state index contributed by atoms with van der Waals surface area (Å²) in [5, 5.41) is 3.11. The van der Waals surface area contributed by atoms with Crippen LogP contribution >= 0.6 is 0 Å². The third kappa shape index (κ3) is 14.6. The highest BCUT2D eigenvalue weighted by Crippen LogP contribution is 2.13. The van der Waals surface area contributed by atoms with E-state index in [9.17, 15) is 4.79 Å². The van der Waals surface area contributed by atoms with Gasteiger partial charge in [-0.05, 0) is 13.3 Å². The average molecular weight is 418 g/mol. The third-order valence-corrected chi connectivity index (χ3v) is 6.00. The molecule has 0 atom stereocenters.